The molecule has 1 N–H and O–H groups in total. The molecule has 1 heterocycles. The number of nitrogens with one attached hydrogen (secondary N) is 1. The number of carbonyl (C=O) groups is 1. The topological polar surface area (TPSA) is 72.7 Å². The van der Waals surface area contributed by atoms with Crippen LogP contribution in [0.3, 0.4) is 0 Å². The van der Waals surface area contributed by atoms with Crippen LogP contribution in [0.5, 0.6) is 0 Å². The van der Waals surface area contributed by atoms with Crippen molar-refractivity contribution in [2.24, 2.45) is 0 Å². The molecule has 6 heteroatoms. The quantitative estimate of drug-likeness (QED) is 0.771. The van der Waals surface area contributed by atoms with E-state index in [1.54, 1.807) is 4.68 Å². The Bertz CT molecular complexity index is 911. The van der Waals surface area contributed by atoms with Crippen LogP contribution in [0.25, 0.3) is 5.69 Å². The van der Waals surface area contributed by atoms with Crippen LogP contribution in [0.2, 0.25) is 0 Å². The molecule has 0 spiro atoms. The second kappa shape index (κ2) is 7.31. The molecule has 1 fully saturated rings. The summed E-state index contributed by atoms with van der Waals surface area (Å²) in [7, 11) is 0. The third kappa shape index (κ3) is 3.47. The first-order valence-electron chi connectivity index (χ1n) is 9.41. The standard InChI is InChI=1S/C21H23N5O/c1-16-10-12-18(13-11-16)26-20(23-24-25-26)21(14-6-3-7-15-21)22-19(27)17-8-4-2-5-9-17/h2,4-5,8-13H,3,6-7,14-15H2,1H3,(H,22,27). The van der Waals surface area contributed by atoms with Gasteiger partial charge in [0, 0.05) is 5.56 Å². The van der Waals surface area contributed by atoms with Gasteiger partial charge in [-0.15, -0.1) is 5.10 Å². The van der Waals surface area contributed by atoms with E-state index in [0.29, 0.717) is 11.4 Å². The molecule has 1 aliphatic rings. The van der Waals surface area contributed by atoms with Crippen molar-refractivity contribution < 1.29 is 4.79 Å². The van der Waals surface area contributed by atoms with Gasteiger partial charge >= 0.3 is 0 Å². The van der Waals surface area contributed by atoms with Gasteiger partial charge in [0.05, 0.1) is 5.69 Å². The second-order valence-electron chi connectivity index (χ2n) is 7.21. The third-order valence-electron chi connectivity index (χ3n) is 5.27. The van der Waals surface area contributed by atoms with Crippen molar-refractivity contribution >= 4 is 5.91 Å². The number of tetrazole rings is 1. The molecule has 0 saturated heterocycles. The van der Waals surface area contributed by atoms with Gasteiger partial charge in [-0.05, 0) is 54.5 Å². The van der Waals surface area contributed by atoms with Crippen molar-refractivity contribution in [1.29, 1.82) is 0 Å². The Labute approximate surface area is 158 Å². The Balaban J connectivity index is 1.72. The van der Waals surface area contributed by atoms with Gasteiger partial charge in [-0.1, -0.05) is 55.2 Å². The first kappa shape index (κ1) is 17.4. The Morgan fingerprint density at radius 3 is 2.41 bits per heavy atom. The van der Waals surface area contributed by atoms with E-state index in [1.807, 2.05) is 61.5 Å². The van der Waals surface area contributed by atoms with Crippen molar-refractivity contribution in [2.45, 2.75) is 44.6 Å². The molecule has 0 aliphatic heterocycles. The van der Waals surface area contributed by atoms with Crippen LogP contribution in [0, 0.1) is 6.92 Å². The van der Waals surface area contributed by atoms with E-state index in [0.717, 1.165) is 37.8 Å². The van der Waals surface area contributed by atoms with Gasteiger partial charge in [-0.3, -0.25) is 4.79 Å². The molecule has 138 valence electrons. The Morgan fingerprint density at radius 1 is 1.00 bits per heavy atom. The Hall–Kier alpha value is -3.02. The van der Waals surface area contributed by atoms with Gasteiger partial charge in [0.15, 0.2) is 5.82 Å². The van der Waals surface area contributed by atoms with Crippen LogP contribution in [0.4, 0.5) is 0 Å². The molecule has 1 amide bonds. The van der Waals surface area contributed by atoms with Crippen molar-refractivity contribution in [3.8, 4) is 5.69 Å². The molecule has 27 heavy (non-hydrogen) atoms. The lowest BCUT2D eigenvalue weighted by Gasteiger charge is -2.36. The number of rotatable bonds is 4. The molecule has 1 saturated carbocycles. The highest BCUT2D eigenvalue weighted by Crippen LogP contribution is 2.37. The fourth-order valence-electron chi connectivity index (χ4n) is 3.78. The van der Waals surface area contributed by atoms with E-state index >= 15 is 0 Å². The van der Waals surface area contributed by atoms with Crippen LogP contribution in [-0.4, -0.2) is 26.1 Å². The number of benzene rings is 2. The van der Waals surface area contributed by atoms with Crippen LogP contribution in [-0.2, 0) is 5.54 Å². The molecule has 1 aromatic heterocycles. The van der Waals surface area contributed by atoms with Gasteiger partial charge in [0.25, 0.3) is 5.91 Å². The second-order valence-corrected chi connectivity index (χ2v) is 7.21. The molecule has 6 nitrogen and oxygen atoms in total. The minimum Gasteiger partial charge on any atom is -0.339 e. The molecule has 4 rings (SSSR count). The van der Waals surface area contributed by atoms with E-state index < -0.39 is 5.54 Å². The lowest BCUT2D eigenvalue weighted by molar-refractivity contribution is 0.0855. The largest absolute Gasteiger partial charge is 0.339 e. The summed E-state index contributed by atoms with van der Waals surface area (Å²) < 4.78 is 1.76. The van der Waals surface area contributed by atoms with Crippen molar-refractivity contribution in [2.75, 3.05) is 0 Å². The highest BCUT2D eigenvalue weighted by atomic mass is 16.1. The zero-order valence-electron chi connectivity index (χ0n) is 15.4. The molecule has 0 bridgehead atoms. The summed E-state index contributed by atoms with van der Waals surface area (Å²) in [5, 5.41) is 15.8. The monoisotopic (exact) mass is 361 g/mol. The number of aromatic nitrogens is 4. The minimum absolute atomic E-state index is 0.0871. The number of hydrogen-bond acceptors (Lipinski definition) is 4. The van der Waals surface area contributed by atoms with E-state index in [9.17, 15) is 4.79 Å². The highest BCUT2D eigenvalue weighted by molar-refractivity contribution is 5.94. The van der Waals surface area contributed by atoms with Gasteiger partial charge < -0.3 is 5.32 Å². The molecule has 0 atom stereocenters. The molecule has 3 aromatic rings. The number of aryl methyl sites for hydroxylation is 1. The van der Waals surface area contributed by atoms with E-state index in [-0.39, 0.29) is 5.91 Å². The zero-order chi connectivity index (χ0) is 18.7. The molecular formula is C21H23N5O. The first-order valence-corrected chi connectivity index (χ1v) is 9.41. The number of nitrogens with zero attached hydrogens (tertiary/aromatic N) is 4. The smallest absolute Gasteiger partial charge is 0.252 e. The number of hydrogen-bond donors (Lipinski definition) is 1. The maximum absolute atomic E-state index is 12.9. The van der Waals surface area contributed by atoms with Gasteiger partial charge in [-0.25, -0.2) is 0 Å². The van der Waals surface area contributed by atoms with Crippen LogP contribution in [0.1, 0.15) is 53.8 Å². The predicted molar refractivity (Wildman–Crippen MR) is 103 cm³/mol. The van der Waals surface area contributed by atoms with Crippen LogP contribution >= 0.6 is 0 Å². The van der Waals surface area contributed by atoms with Gasteiger partial charge in [-0.2, -0.15) is 4.68 Å². The normalized spacial score (nSPS) is 16.0. The zero-order valence-corrected chi connectivity index (χ0v) is 15.4. The average molecular weight is 361 g/mol. The molecule has 0 unspecified atom stereocenters. The summed E-state index contributed by atoms with van der Waals surface area (Å²) in [4.78, 5) is 12.9. The fourth-order valence-corrected chi connectivity index (χ4v) is 3.78. The predicted octanol–water partition coefficient (Wildman–Crippen LogP) is 3.56. The summed E-state index contributed by atoms with van der Waals surface area (Å²) in [6.07, 6.45) is 4.90. The summed E-state index contributed by atoms with van der Waals surface area (Å²) in [5.41, 5.74) is 2.17. The Morgan fingerprint density at radius 2 is 1.70 bits per heavy atom. The summed E-state index contributed by atoms with van der Waals surface area (Å²) >= 11 is 0. The molecule has 2 aromatic carbocycles. The third-order valence-corrected chi connectivity index (χ3v) is 5.27. The molecular weight excluding hydrogens is 338 g/mol. The lowest BCUT2D eigenvalue weighted by atomic mass is 9.80. The van der Waals surface area contributed by atoms with Gasteiger partial charge in [0.2, 0.25) is 0 Å². The summed E-state index contributed by atoms with van der Waals surface area (Å²) in [5.74, 6) is 0.617. The maximum Gasteiger partial charge on any atom is 0.252 e. The van der Waals surface area contributed by atoms with Crippen molar-refractivity contribution in [3.05, 3.63) is 71.5 Å². The fraction of sp³-hybridized carbons (Fsp3) is 0.333. The number of amides is 1. The summed E-state index contributed by atoms with van der Waals surface area (Å²) in [6.45, 7) is 2.05. The van der Waals surface area contributed by atoms with E-state index in [1.165, 1.54) is 5.56 Å². The van der Waals surface area contributed by atoms with E-state index in [2.05, 4.69) is 20.8 Å². The van der Waals surface area contributed by atoms with E-state index in [4.69, 9.17) is 0 Å². The average Bonchev–Trinajstić information content (AvgIpc) is 3.20. The molecule has 1 aliphatic carbocycles. The SMILES string of the molecule is Cc1ccc(-n2nnnc2C2(NC(=O)c3ccccc3)CCCCC2)cc1. The van der Waals surface area contributed by atoms with Crippen LogP contribution < -0.4 is 5.32 Å². The maximum atomic E-state index is 12.9. The Kier molecular flexibility index (Phi) is 4.71. The van der Waals surface area contributed by atoms with Crippen LogP contribution in [0.15, 0.2) is 54.6 Å². The minimum atomic E-state index is -0.556. The molecule has 0 radical (unpaired) electrons. The summed E-state index contributed by atoms with van der Waals surface area (Å²) in [6, 6.07) is 17.4. The highest BCUT2D eigenvalue weighted by Gasteiger charge is 2.40. The number of carbonyl (C=O) groups excluding carboxylic acids is 1. The lowest BCUT2D eigenvalue weighted by Crippen LogP contribution is -2.49. The van der Waals surface area contributed by atoms with Crippen molar-refractivity contribution in [3.63, 3.8) is 0 Å². The van der Waals surface area contributed by atoms with Gasteiger partial charge in [0.1, 0.15) is 5.54 Å². The first-order chi connectivity index (χ1) is 13.2. The van der Waals surface area contributed by atoms with Crippen molar-refractivity contribution in [1.82, 2.24) is 25.5 Å².